The van der Waals surface area contributed by atoms with Crippen molar-refractivity contribution >= 4 is 41.3 Å². The van der Waals surface area contributed by atoms with E-state index in [-0.39, 0.29) is 18.4 Å². The van der Waals surface area contributed by atoms with E-state index < -0.39 is 19.9 Å². The first-order valence-electron chi connectivity index (χ1n) is 13.5. The summed E-state index contributed by atoms with van der Waals surface area (Å²) in [6.07, 6.45) is 0.721. The molecule has 0 N–H and O–H groups in total. The molecule has 200 valence electrons. The van der Waals surface area contributed by atoms with Crippen LogP contribution in [-0.2, 0) is 20.3 Å². The number of carbonyl (C=O) groups excluding carboxylic acids is 1. The average Bonchev–Trinajstić information content (AvgIpc) is 3.04. The van der Waals surface area contributed by atoms with Crippen LogP contribution in [0.1, 0.15) is 12.0 Å². The van der Waals surface area contributed by atoms with Crippen molar-refractivity contribution in [3.05, 3.63) is 157 Å². The molecule has 5 rings (SSSR count). The molecule has 5 heteroatoms. The Kier molecular flexibility index (Phi) is 8.75. The topological polar surface area (TPSA) is 51.2 Å². The average molecular weight is 563 g/mol. The lowest BCUT2D eigenvalue weighted by Gasteiger charge is -2.31. The number of benzene rings is 5. The van der Waals surface area contributed by atoms with Gasteiger partial charge in [-0.05, 0) is 12.0 Å². The zero-order valence-corrected chi connectivity index (χ0v) is 24.0. The van der Waals surface area contributed by atoms with Gasteiger partial charge in [0.2, 0.25) is 0 Å². The summed E-state index contributed by atoms with van der Waals surface area (Å²) in [5.41, 5.74) is 0.0745. The summed E-state index contributed by atoms with van der Waals surface area (Å²) in [6.45, 7) is 0. The van der Waals surface area contributed by atoms with Gasteiger partial charge in [-0.2, -0.15) is 0 Å². The van der Waals surface area contributed by atoms with Crippen molar-refractivity contribution in [1.29, 1.82) is 0 Å². The summed E-state index contributed by atoms with van der Waals surface area (Å²) in [5.74, 6) is -0.132. The Balaban J connectivity index is 1.68. The van der Waals surface area contributed by atoms with Crippen LogP contribution < -0.4 is 21.2 Å². The van der Waals surface area contributed by atoms with E-state index in [1.807, 2.05) is 152 Å². The maximum absolute atomic E-state index is 15.6. The Bertz CT molecular complexity index is 1530. The molecule has 1 unspecified atom stereocenters. The van der Waals surface area contributed by atoms with Gasteiger partial charge in [0.15, 0.2) is 7.14 Å². The molecule has 0 bridgehead atoms. The van der Waals surface area contributed by atoms with Gasteiger partial charge in [0.05, 0.1) is 5.66 Å². The van der Waals surface area contributed by atoms with Crippen LogP contribution in [0.3, 0.4) is 0 Å². The zero-order valence-electron chi connectivity index (χ0n) is 22.3. The second kappa shape index (κ2) is 12.6. The normalized spacial score (nSPS) is 12.5. The van der Waals surface area contributed by atoms with Crippen molar-refractivity contribution in [1.82, 2.24) is 0 Å². The van der Waals surface area contributed by atoms with Crippen LogP contribution in [0.5, 0.6) is 0 Å². The van der Waals surface area contributed by atoms with Crippen molar-refractivity contribution in [3.63, 3.8) is 0 Å². The largest absolute Gasteiger partial charge is 0.314 e. The minimum absolute atomic E-state index is 0.0181. The van der Waals surface area contributed by atoms with E-state index in [2.05, 4.69) is 0 Å². The van der Waals surface area contributed by atoms with Crippen LogP contribution in [0.2, 0.25) is 0 Å². The van der Waals surface area contributed by atoms with Gasteiger partial charge in [-0.3, -0.25) is 4.79 Å². The molecule has 5 aromatic carbocycles. The minimum Gasteiger partial charge on any atom is -0.314 e. The van der Waals surface area contributed by atoms with Crippen LogP contribution >= 0.6 is 14.3 Å². The predicted molar refractivity (Wildman–Crippen MR) is 168 cm³/mol. The summed E-state index contributed by atoms with van der Waals surface area (Å²) in [7, 11) is -6.93. The van der Waals surface area contributed by atoms with Crippen molar-refractivity contribution < 1.29 is 13.9 Å². The van der Waals surface area contributed by atoms with E-state index in [9.17, 15) is 4.79 Å². The van der Waals surface area contributed by atoms with E-state index in [0.29, 0.717) is 27.6 Å². The highest BCUT2D eigenvalue weighted by Gasteiger charge is 2.45. The van der Waals surface area contributed by atoms with Gasteiger partial charge in [0, 0.05) is 33.8 Å². The summed E-state index contributed by atoms with van der Waals surface area (Å²) < 4.78 is 30.8. The molecule has 0 aliphatic heterocycles. The molecule has 0 spiro atoms. The van der Waals surface area contributed by atoms with Gasteiger partial charge < -0.3 is 9.13 Å². The van der Waals surface area contributed by atoms with E-state index in [0.717, 1.165) is 5.56 Å². The maximum atomic E-state index is 15.6. The number of hydrogen-bond donors (Lipinski definition) is 0. The number of carbonyl (C=O) groups is 1. The molecule has 40 heavy (non-hydrogen) atoms. The first-order chi connectivity index (χ1) is 19.5. The molecule has 0 aromatic heterocycles. The molecule has 0 saturated carbocycles. The van der Waals surface area contributed by atoms with E-state index in [1.165, 1.54) is 0 Å². The van der Waals surface area contributed by atoms with Gasteiger partial charge in [-0.1, -0.05) is 152 Å². The standard InChI is InChI=1S/C35H32O3P2/c36-34(27-26-29-16-6-1-7-17-29)35(40(38,32-22-12-4-13-23-32)33-24-14-5-15-25-33)28-39(37,30-18-8-2-9-19-30)31-20-10-3-11-21-31/h1-25,35H,26-28H2. The van der Waals surface area contributed by atoms with E-state index >= 15 is 9.13 Å². The molecular weight excluding hydrogens is 530 g/mol. The Morgan fingerprint density at radius 2 is 0.850 bits per heavy atom. The quantitative estimate of drug-likeness (QED) is 0.171. The second-order valence-corrected chi connectivity index (χ2v) is 15.7. The van der Waals surface area contributed by atoms with Crippen LogP contribution in [0.4, 0.5) is 0 Å². The van der Waals surface area contributed by atoms with Crippen LogP contribution in [-0.4, -0.2) is 17.6 Å². The highest BCUT2D eigenvalue weighted by atomic mass is 31.2. The van der Waals surface area contributed by atoms with E-state index in [4.69, 9.17) is 0 Å². The molecule has 0 aliphatic rings. The Hall–Kier alpha value is -3.77. The van der Waals surface area contributed by atoms with Crippen LogP contribution in [0.15, 0.2) is 152 Å². The van der Waals surface area contributed by atoms with Crippen molar-refractivity contribution in [2.24, 2.45) is 0 Å². The molecular formula is C35H32O3P2. The third kappa shape index (κ3) is 5.87. The summed E-state index contributed by atoms with van der Waals surface area (Å²) >= 11 is 0. The monoisotopic (exact) mass is 562 g/mol. The van der Waals surface area contributed by atoms with Crippen molar-refractivity contribution in [2.45, 2.75) is 18.5 Å². The van der Waals surface area contributed by atoms with Crippen LogP contribution in [0.25, 0.3) is 0 Å². The molecule has 5 aromatic rings. The Morgan fingerprint density at radius 3 is 1.25 bits per heavy atom. The summed E-state index contributed by atoms with van der Waals surface area (Å²) in [6, 6.07) is 47.0. The van der Waals surface area contributed by atoms with Gasteiger partial charge in [-0.15, -0.1) is 0 Å². The van der Waals surface area contributed by atoms with Gasteiger partial charge in [0.25, 0.3) is 0 Å². The van der Waals surface area contributed by atoms with Crippen LogP contribution in [0, 0.1) is 0 Å². The summed E-state index contributed by atoms with van der Waals surface area (Å²) in [5, 5.41) is 2.53. The molecule has 0 aliphatic carbocycles. The number of rotatable bonds is 11. The van der Waals surface area contributed by atoms with Gasteiger partial charge >= 0.3 is 0 Å². The Morgan fingerprint density at radius 1 is 0.500 bits per heavy atom. The lowest BCUT2D eigenvalue weighted by Crippen LogP contribution is -2.37. The highest BCUT2D eigenvalue weighted by Crippen LogP contribution is 2.56. The van der Waals surface area contributed by atoms with E-state index in [1.54, 1.807) is 0 Å². The van der Waals surface area contributed by atoms with Crippen molar-refractivity contribution in [2.75, 3.05) is 6.16 Å². The number of hydrogen-bond acceptors (Lipinski definition) is 3. The molecule has 0 amide bonds. The second-order valence-electron chi connectivity index (χ2n) is 9.89. The van der Waals surface area contributed by atoms with Crippen molar-refractivity contribution in [3.8, 4) is 0 Å². The third-order valence-electron chi connectivity index (χ3n) is 7.37. The molecule has 0 saturated heterocycles. The highest BCUT2D eigenvalue weighted by molar-refractivity contribution is 7.83. The molecule has 0 heterocycles. The first kappa shape index (κ1) is 27.8. The predicted octanol–water partition coefficient (Wildman–Crippen LogP) is 6.59. The number of ketones is 1. The fourth-order valence-corrected chi connectivity index (χ4v) is 12.4. The zero-order chi connectivity index (χ0) is 27.8. The fourth-order valence-electron chi connectivity index (χ4n) is 5.25. The lowest BCUT2D eigenvalue weighted by atomic mass is 10.1. The molecule has 0 fully saturated rings. The summed E-state index contributed by atoms with van der Waals surface area (Å²) in [4.78, 5) is 14.4. The number of aryl methyl sites for hydroxylation is 1. The molecule has 1 atom stereocenters. The van der Waals surface area contributed by atoms with Gasteiger partial charge in [-0.25, -0.2) is 0 Å². The Labute approximate surface area is 236 Å². The van der Waals surface area contributed by atoms with Gasteiger partial charge in [0.1, 0.15) is 12.9 Å². The molecule has 0 radical (unpaired) electrons. The number of Topliss-reactive ketones (excluding diaryl/α,β-unsaturated/α-hetero) is 1. The SMILES string of the molecule is O=C(CCc1ccccc1)C(CP(=O)(c1ccccc1)c1ccccc1)P(=O)(c1ccccc1)c1ccccc1. The third-order valence-corrected chi connectivity index (χ3v) is 14.3. The lowest BCUT2D eigenvalue weighted by molar-refractivity contribution is -0.118. The smallest absolute Gasteiger partial charge is 0.153 e. The first-order valence-corrected chi connectivity index (χ1v) is 17.2. The fraction of sp³-hybridized carbons (Fsp3) is 0.114. The maximum Gasteiger partial charge on any atom is 0.153 e. The minimum atomic E-state index is -3.57. The molecule has 3 nitrogen and oxygen atoms in total.